The summed E-state index contributed by atoms with van der Waals surface area (Å²) in [6, 6.07) is 25.0. The molecule has 3 rings (SSSR count). The van der Waals surface area contributed by atoms with Gasteiger partial charge in [0.15, 0.2) is 4.99 Å². The molecule has 173 valence electrons. The maximum absolute atomic E-state index is 11.4. The van der Waals surface area contributed by atoms with Gasteiger partial charge in [-0.2, -0.15) is 8.42 Å². The van der Waals surface area contributed by atoms with Gasteiger partial charge in [0.2, 0.25) is 0 Å². The largest absolute Gasteiger partial charge is 0.457 e. The van der Waals surface area contributed by atoms with E-state index < -0.39 is 22.7 Å². The zero-order chi connectivity index (χ0) is 23.2. The molecular formula is C23H25K3O7PS. The molecule has 0 aromatic heterocycles. The number of hydrogen-bond donors (Lipinski definition) is 3. The first-order chi connectivity index (χ1) is 15.1. The van der Waals surface area contributed by atoms with Crippen molar-refractivity contribution in [3.05, 3.63) is 95.6 Å². The van der Waals surface area contributed by atoms with Crippen molar-refractivity contribution in [3.63, 3.8) is 0 Å². The first-order valence-electron chi connectivity index (χ1n) is 10.0. The van der Waals surface area contributed by atoms with Gasteiger partial charge in [0.1, 0.15) is 11.5 Å². The van der Waals surface area contributed by atoms with E-state index in [1.54, 1.807) is 18.2 Å². The first-order valence-corrected chi connectivity index (χ1v) is 13.2. The van der Waals surface area contributed by atoms with Crippen molar-refractivity contribution in [1.82, 2.24) is 0 Å². The van der Waals surface area contributed by atoms with E-state index in [4.69, 9.17) is 9.29 Å². The Hall–Kier alpha value is 2.43. The van der Waals surface area contributed by atoms with Crippen LogP contribution in [0, 0.1) is 0 Å². The molecule has 3 aromatic rings. The Labute approximate surface area is 334 Å². The fraction of sp³-hybridized carbons (Fsp3) is 0.217. The van der Waals surface area contributed by atoms with Gasteiger partial charge in [-0.25, -0.2) is 0 Å². The predicted octanol–water partition coefficient (Wildman–Crippen LogP) is 3.64. The molecule has 0 fully saturated rings. The molecule has 3 N–H and O–H groups in total. The zero-order valence-corrected chi connectivity index (χ0v) is 31.3. The van der Waals surface area contributed by atoms with Crippen molar-refractivity contribution >= 4 is 172 Å². The Morgan fingerprint density at radius 1 is 0.829 bits per heavy atom. The molecule has 0 bridgehead atoms. The maximum atomic E-state index is 11.4. The SMILES string of the molecule is O=P(O)(O)C(CCCc1cccc(Oc2ccccc2Cc2ccccc2)c1)S(=O)(=O)O.[K].[K].[K]. The third kappa shape index (κ3) is 13.1. The summed E-state index contributed by atoms with van der Waals surface area (Å²) in [7, 11) is -9.82. The van der Waals surface area contributed by atoms with E-state index in [2.05, 4.69) is 12.1 Å². The van der Waals surface area contributed by atoms with Crippen LogP contribution in [0.5, 0.6) is 11.5 Å². The second-order valence-electron chi connectivity index (χ2n) is 7.47. The fourth-order valence-electron chi connectivity index (χ4n) is 3.43. The summed E-state index contributed by atoms with van der Waals surface area (Å²) >= 11 is 0. The Morgan fingerprint density at radius 3 is 2.06 bits per heavy atom. The van der Waals surface area contributed by atoms with Crippen molar-refractivity contribution < 1.29 is 32.1 Å². The Morgan fingerprint density at radius 2 is 1.43 bits per heavy atom. The average Bonchev–Trinajstić information content (AvgIpc) is 2.72. The summed E-state index contributed by atoms with van der Waals surface area (Å²) in [5.41, 5.74) is 3.01. The molecular weight excluding hydrogens is 569 g/mol. The van der Waals surface area contributed by atoms with Gasteiger partial charge in [-0.15, -0.1) is 0 Å². The molecule has 0 aliphatic carbocycles. The number of aryl methyl sites for hydroxylation is 1. The third-order valence-electron chi connectivity index (χ3n) is 4.97. The zero-order valence-electron chi connectivity index (χ0n) is 20.2. The van der Waals surface area contributed by atoms with Crippen molar-refractivity contribution in [2.24, 2.45) is 0 Å². The molecule has 7 nitrogen and oxygen atoms in total. The Kier molecular flexibility index (Phi) is 19.2. The smallest absolute Gasteiger partial charge is 0.346 e. The maximum Gasteiger partial charge on any atom is 0.346 e. The van der Waals surface area contributed by atoms with Crippen molar-refractivity contribution in [2.45, 2.75) is 30.7 Å². The van der Waals surface area contributed by atoms with Crippen LogP contribution in [0.1, 0.15) is 29.5 Å². The summed E-state index contributed by atoms with van der Waals surface area (Å²) in [5, 5.41) is 0. The van der Waals surface area contributed by atoms with Gasteiger partial charge in [-0.3, -0.25) is 9.12 Å². The van der Waals surface area contributed by atoms with Crippen LogP contribution in [0.4, 0.5) is 0 Å². The van der Waals surface area contributed by atoms with Gasteiger partial charge in [0, 0.05) is 161 Å². The third-order valence-corrected chi connectivity index (χ3v) is 8.53. The van der Waals surface area contributed by atoms with Crippen LogP contribution in [0.2, 0.25) is 0 Å². The minimum atomic E-state index is -4.97. The van der Waals surface area contributed by atoms with E-state index in [1.165, 1.54) is 0 Å². The van der Waals surface area contributed by atoms with E-state index in [0.29, 0.717) is 12.2 Å². The van der Waals surface area contributed by atoms with E-state index in [1.807, 2.05) is 48.5 Å². The molecule has 0 heterocycles. The number of para-hydroxylation sites is 1. The number of benzene rings is 3. The van der Waals surface area contributed by atoms with Gasteiger partial charge in [-0.1, -0.05) is 60.7 Å². The molecule has 3 aromatic carbocycles. The standard InChI is InChI=1S/C23H25O7PS.3K/c24-31(25,26)23(32(27,28)29)15-7-11-19-10-6-13-21(17-19)30-22-14-5-4-12-20(22)16-18-8-2-1-3-9-18;;;/h1-6,8-10,12-14,17,23H,7,11,15-16H2,(H2,24,25,26)(H,27,28,29);;;. The van der Waals surface area contributed by atoms with Crippen LogP contribution in [-0.2, 0) is 27.5 Å². The second kappa shape index (κ2) is 18.0. The molecule has 1 atom stereocenters. The van der Waals surface area contributed by atoms with E-state index in [9.17, 15) is 22.8 Å². The molecule has 35 heavy (non-hydrogen) atoms. The molecule has 0 aliphatic rings. The van der Waals surface area contributed by atoms with Crippen LogP contribution in [0.3, 0.4) is 0 Å². The minimum Gasteiger partial charge on any atom is -0.457 e. The molecule has 1 unspecified atom stereocenters. The topological polar surface area (TPSA) is 121 Å². The van der Waals surface area contributed by atoms with Crippen LogP contribution in [0.25, 0.3) is 0 Å². The summed E-state index contributed by atoms with van der Waals surface area (Å²) in [6.07, 6.45) is 0.905. The Balaban J connectivity index is 0.00000385. The first kappa shape index (κ1) is 37.4. The van der Waals surface area contributed by atoms with Crippen molar-refractivity contribution in [2.75, 3.05) is 0 Å². The summed E-state index contributed by atoms with van der Waals surface area (Å²) in [5.74, 6) is 1.32. The molecule has 0 amide bonds. The van der Waals surface area contributed by atoms with Crippen molar-refractivity contribution in [1.29, 1.82) is 0 Å². The second-order valence-corrected chi connectivity index (χ2v) is 11.2. The number of rotatable bonds is 10. The number of ether oxygens (including phenoxy) is 1. The molecule has 0 saturated heterocycles. The van der Waals surface area contributed by atoms with Crippen molar-refractivity contribution in [3.8, 4) is 11.5 Å². The summed E-state index contributed by atoms with van der Waals surface area (Å²) < 4.78 is 49.2. The van der Waals surface area contributed by atoms with Gasteiger partial charge >= 0.3 is 7.60 Å². The molecule has 3 radical (unpaired) electrons. The van der Waals surface area contributed by atoms with Gasteiger partial charge in [0.25, 0.3) is 10.1 Å². The van der Waals surface area contributed by atoms with Gasteiger partial charge in [-0.05, 0) is 54.2 Å². The van der Waals surface area contributed by atoms with Crippen LogP contribution in [-0.4, -0.2) is 182 Å². The van der Waals surface area contributed by atoms with Gasteiger partial charge < -0.3 is 14.5 Å². The van der Waals surface area contributed by atoms with Crippen LogP contribution >= 0.6 is 7.60 Å². The van der Waals surface area contributed by atoms with Gasteiger partial charge in [0.05, 0.1) is 0 Å². The molecule has 0 saturated carbocycles. The minimum absolute atomic E-state index is 0. The molecule has 0 spiro atoms. The molecule has 0 aliphatic heterocycles. The van der Waals surface area contributed by atoms with Crippen LogP contribution in [0.15, 0.2) is 78.9 Å². The molecule has 12 heteroatoms. The van der Waals surface area contributed by atoms with E-state index in [-0.39, 0.29) is 167 Å². The number of hydrogen-bond acceptors (Lipinski definition) is 4. The quantitative estimate of drug-likeness (QED) is 0.186. The Bertz CT molecular complexity index is 1200. The average molecular weight is 594 g/mol. The van der Waals surface area contributed by atoms with E-state index in [0.717, 1.165) is 28.9 Å². The van der Waals surface area contributed by atoms with Crippen LogP contribution < -0.4 is 4.74 Å². The summed E-state index contributed by atoms with van der Waals surface area (Å²) in [6.45, 7) is 0. The predicted molar refractivity (Wildman–Crippen MR) is 140 cm³/mol. The monoisotopic (exact) mass is 593 g/mol. The fourth-order valence-corrected chi connectivity index (χ4v) is 5.80. The van der Waals surface area contributed by atoms with E-state index >= 15 is 0 Å². The summed E-state index contributed by atoms with van der Waals surface area (Å²) in [4.78, 5) is 16.3. The normalized spacial score (nSPS) is 11.9.